The van der Waals surface area contributed by atoms with Crippen LogP contribution in [0.1, 0.15) is 35.2 Å². The van der Waals surface area contributed by atoms with Crippen LogP contribution in [0.4, 0.5) is 18.9 Å². The van der Waals surface area contributed by atoms with E-state index in [9.17, 15) is 18.0 Å². The molecule has 1 aliphatic rings. The van der Waals surface area contributed by atoms with Gasteiger partial charge in [0.05, 0.1) is 12.7 Å². The number of aryl methyl sites for hydroxylation is 2. The number of hydrogen-bond acceptors (Lipinski definition) is 5. The number of anilines is 1. The van der Waals surface area contributed by atoms with Gasteiger partial charge in [-0.25, -0.2) is 0 Å². The van der Waals surface area contributed by atoms with Crippen LogP contribution in [0.3, 0.4) is 0 Å². The lowest BCUT2D eigenvalue weighted by Crippen LogP contribution is -2.24. The minimum atomic E-state index is -4.47. The summed E-state index contributed by atoms with van der Waals surface area (Å²) >= 11 is 0. The second kappa shape index (κ2) is 8.41. The van der Waals surface area contributed by atoms with Gasteiger partial charge in [-0.3, -0.25) is 4.79 Å². The van der Waals surface area contributed by atoms with Gasteiger partial charge in [0.1, 0.15) is 5.75 Å². The Balaban J connectivity index is 1.41. The quantitative estimate of drug-likeness (QED) is 0.579. The molecule has 0 aliphatic carbocycles. The smallest absolute Gasteiger partial charge is 0.416 e. The van der Waals surface area contributed by atoms with E-state index in [2.05, 4.69) is 10.1 Å². The van der Waals surface area contributed by atoms with Crippen molar-refractivity contribution in [1.29, 1.82) is 0 Å². The minimum Gasteiger partial charge on any atom is -0.497 e. The Hall–Kier alpha value is -3.36. The van der Waals surface area contributed by atoms with Crippen LogP contribution < -0.4 is 9.64 Å². The number of carbonyl (C=O) groups is 1. The van der Waals surface area contributed by atoms with E-state index in [1.165, 1.54) is 17.0 Å². The molecule has 1 saturated heterocycles. The largest absolute Gasteiger partial charge is 0.497 e. The number of methoxy groups -OCH3 is 1. The average molecular weight is 431 g/mol. The molecule has 2 aromatic carbocycles. The number of carbonyl (C=O) groups excluding carboxylic acids is 1. The Labute approximate surface area is 176 Å². The van der Waals surface area contributed by atoms with E-state index in [-0.39, 0.29) is 30.5 Å². The predicted molar refractivity (Wildman–Crippen MR) is 106 cm³/mol. The van der Waals surface area contributed by atoms with Crippen LogP contribution in [-0.2, 0) is 23.8 Å². The molecule has 1 aliphatic heterocycles. The molecule has 1 aromatic heterocycles. The van der Waals surface area contributed by atoms with Gasteiger partial charge in [-0.1, -0.05) is 23.4 Å². The zero-order valence-corrected chi connectivity index (χ0v) is 16.7. The fourth-order valence-electron chi connectivity index (χ4n) is 3.56. The highest BCUT2D eigenvalue weighted by atomic mass is 19.4. The number of ether oxygens (including phenoxy) is 1. The number of rotatable bonds is 6. The second-order valence-electron chi connectivity index (χ2n) is 7.35. The highest BCUT2D eigenvalue weighted by Crippen LogP contribution is 2.35. The van der Waals surface area contributed by atoms with Crippen molar-refractivity contribution in [3.63, 3.8) is 0 Å². The van der Waals surface area contributed by atoms with Crippen molar-refractivity contribution in [2.75, 3.05) is 18.6 Å². The zero-order chi connectivity index (χ0) is 22.0. The number of alkyl halides is 3. The van der Waals surface area contributed by atoms with Crippen molar-refractivity contribution in [2.45, 2.75) is 31.4 Å². The lowest BCUT2D eigenvalue weighted by Gasteiger charge is -2.18. The average Bonchev–Trinajstić information content (AvgIpc) is 3.39. The van der Waals surface area contributed by atoms with E-state index in [1.54, 1.807) is 7.11 Å². The van der Waals surface area contributed by atoms with E-state index in [4.69, 9.17) is 9.26 Å². The van der Waals surface area contributed by atoms with Crippen LogP contribution >= 0.6 is 0 Å². The van der Waals surface area contributed by atoms with Crippen molar-refractivity contribution in [3.05, 3.63) is 71.4 Å². The number of hydrogen-bond donors (Lipinski definition) is 0. The third-order valence-electron chi connectivity index (χ3n) is 5.25. The molecule has 0 spiro atoms. The van der Waals surface area contributed by atoms with Gasteiger partial charge in [-0.2, -0.15) is 18.2 Å². The molecule has 3 aromatic rings. The minimum absolute atomic E-state index is 0.119. The topological polar surface area (TPSA) is 68.5 Å². The molecule has 2 heterocycles. The van der Waals surface area contributed by atoms with Crippen LogP contribution in [-0.4, -0.2) is 29.7 Å². The summed E-state index contributed by atoms with van der Waals surface area (Å²) in [6, 6.07) is 12.4. The number of amides is 1. The Morgan fingerprint density at radius 3 is 2.65 bits per heavy atom. The van der Waals surface area contributed by atoms with Gasteiger partial charge in [0, 0.05) is 31.0 Å². The predicted octanol–water partition coefficient (Wildman–Crippen LogP) is 4.40. The molecule has 0 N–H and O–H groups in total. The highest BCUT2D eigenvalue weighted by molar-refractivity contribution is 5.96. The first kappa shape index (κ1) is 20.9. The van der Waals surface area contributed by atoms with Gasteiger partial charge < -0.3 is 14.2 Å². The molecule has 162 valence electrons. The first-order chi connectivity index (χ1) is 14.8. The first-order valence-electron chi connectivity index (χ1n) is 9.76. The molecule has 1 fully saturated rings. The zero-order valence-electron chi connectivity index (χ0n) is 16.7. The molecular weight excluding hydrogens is 411 g/mol. The van der Waals surface area contributed by atoms with Gasteiger partial charge in [-0.05, 0) is 42.3 Å². The molecule has 0 bridgehead atoms. The second-order valence-corrected chi connectivity index (χ2v) is 7.35. The summed E-state index contributed by atoms with van der Waals surface area (Å²) in [7, 11) is 1.61. The lowest BCUT2D eigenvalue weighted by molar-refractivity contribution is -0.137. The van der Waals surface area contributed by atoms with E-state index in [0.717, 1.165) is 23.4 Å². The van der Waals surface area contributed by atoms with Crippen molar-refractivity contribution in [1.82, 2.24) is 10.1 Å². The summed E-state index contributed by atoms with van der Waals surface area (Å²) in [6.07, 6.45) is -3.11. The number of benzene rings is 2. The van der Waals surface area contributed by atoms with E-state index in [0.29, 0.717) is 24.6 Å². The van der Waals surface area contributed by atoms with Crippen molar-refractivity contribution in [2.24, 2.45) is 0 Å². The maximum Gasteiger partial charge on any atom is 0.416 e. The van der Waals surface area contributed by atoms with Gasteiger partial charge in [-0.15, -0.1) is 0 Å². The summed E-state index contributed by atoms with van der Waals surface area (Å²) < 4.78 is 49.4. The van der Waals surface area contributed by atoms with Gasteiger partial charge in [0.2, 0.25) is 11.8 Å². The first-order valence-corrected chi connectivity index (χ1v) is 9.76. The van der Waals surface area contributed by atoms with E-state index >= 15 is 0 Å². The molecule has 31 heavy (non-hydrogen) atoms. The summed E-state index contributed by atoms with van der Waals surface area (Å²) in [6.45, 7) is 0.206. The molecule has 4 rings (SSSR count). The number of nitrogens with zero attached hydrogens (tertiary/aromatic N) is 3. The fraction of sp³-hybridized carbons (Fsp3) is 0.318. The number of aromatic nitrogens is 2. The summed E-state index contributed by atoms with van der Waals surface area (Å²) in [5, 5.41) is 3.99. The van der Waals surface area contributed by atoms with Crippen LogP contribution in [0.2, 0.25) is 0 Å². The van der Waals surface area contributed by atoms with Crippen LogP contribution in [0.15, 0.2) is 53.1 Å². The highest BCUT2D eigenvalue weighted by Gasteiger charge is 2.36. The molecule has 0 saturated carbocycles. The fourth-order valence-corrected chi connectivity index (χ4v) is 3.56. The molecule has 1 atom stereocenters. The van der Waals surface area contributed by atoms with E-state index in [1.807, 2.05) is 24.3 Å². The Morgan fingerprint density at radius 2 is 1.94 bits per heavy atom. The standard InChI is InChI=1S/C22H20F3N3O3/c1-30-18-8-5-14(6-9-18)7-10-19-26-21(27-31-19)15-11-20(29)28(13-15)17-4-2-3-16(12-17)22(23,24)25/h2-6,8-9,12,15H,7,10-11,13H2,1H3. The summed E-state index contributed by atoms with van der Waals surface area (Å²) in [4.78, 5) is 18.2. The van der Waals surface area contributed by atoms with Gasteiger partial charge in [0.25, 0.3) is 0 Å². The molecular formula is C22H20F3N3O3. The molecule has 0 radical (unpaired) electrons. The normalized spacial score (nSPS) is 16.7. The number of halogens is 3. The summed E-state index contributed by atoms with van der Waals surface area (Å²) in [5.41, 5.74) is 0.513. The van der Waals surface area contributed by atoms with Crippen LogP contribution in [0.25, 0.3) is 0 Å². The molecule has 6 nitrogen and oxygen atoms in total. The van der Waals surface area contributed by atoms with Gasteiger partial charge >= 0.3 is 6.18 Å². The maximum atomic E-state index is 13.0. The summed E-state index contributed by atoms with van der Waals surface area (Å²) in [5.74, 6) is 1.03. The van der Waals surface area contributed by atoms with Crippen molar-refractivity contribution >= 4 is 11.6 Å². The Kier molecular flexibility index (Phi) is 5.67. The third-order valence-corrected chi connectivity index (χ3v) is 5.25. The SMILES string of the molecule is COc1ccc(CCc2nc(C3CC(=O)N(c4cccc(C(F)(F)F)c4)C3)no2)cc1. The maximum absolute atomic E-state index is 13.0. The molecule has 9 heteroatoms. The van der Waals surface area contributed by atoms with Crippen molar-refractivity contribution in [3.8, 4) is 5.75 Å². The molecule has 1 unspecified atom stereocenters. The van der Waals surface area contributed by atoms with Crippen molar-refractivity contribution < 1.29 is 27.2 Å². The monoisotopic (exact) mass is 431 g/mol. The Morgan fingerprint density at radius 1 is 1.16 bits per heavy atom. The van der Waals surface area contributed by atoms with Crippen LogP contribution in [0, 0.1) is 0 Å². The van der Waals surface area contributed by atoms with E-state index < -0.39 is 11.7 Å². The lowest BCUT2D eigenvalue weighted by atomic mass is 10.1. The third kappa shape index (κ3) is 4.70. The van der Waals surface area contributed by atoms with Gasteiger partial charge in [0.15, 0.2) is 5.82 Å². The molecule has 1 amide bonds. The Bertz CT molecular complexity index is 1060. The van der Waals surface area contributed by atoms with Crippen LogP contribution in [0.5, 0.6) is 5.75 Å².